The van der Waals surface area contributed by atoms with Crippen molar-refractivity contribution >= 4 is 31.3 Å². The number of sulfone groups is 2. The first kappa shape index (κ1) is 27.8. The molecule has 188 valence electrons. The second-order valence-electron chi connectivity index (χ2n) is 8.63. The molecule has 1 aliphatic heterocycles. The van der Waals surface area contributed by atoms with Crippen LogP contribution in [0.4, 0.5) is 18.9 Å². The highest BCUT2D eigenvalue weighted by Crippen LogP contribution is 2.40. The summed E-state index contributed by atoms with van der Waals surface area (Å²) in [6.45, 7) is 3.05. The number of piperidine rings is 1. The number of carbonyl (C=O) groups is 1. The molecule has 1 saturated heterocycles. The van der Waals surface area contributed by atoms with Crippen LogP contribution in [0.5, 0.6) is 0 Å². The first-order valence-electron chi connectivity index (χ1n) is 10.1. The summed E-state index contributed by atoms with van der Waals surface area (Å²) in [5.41, 5.74) is -0.563. The van der Waals surface area contributed by atoms with Crippen LogP contribution in [-0.4, -0.2) is 40.3 Å². The molecule has 6 nitrogen and oxygen atoms in total. The lowest BCUT2D eigenvalue weighted by atomic mass is 9.85. The summed E-state index contributed by atoms with van der Waals surface area (Å²) < 4.78 is 87.5. The van der Waals surface area contributed by atoms with Gasteiger partial charge in [-0.15, -0.1) is 0 Å². The average molecular weight is 520 g/mol. The van der Waals surface area contributed by atoms with Crippen LogP contribution in [0.3, 0.4) is 0 Å². The van der Waals surface area contributed by atoms with Gasteiger partial charge in [-0.05, 0) is 68.7 Å². The van der Waals surface area contributed by atoms with E-state index < -0.39 is 47.0 Å². The molecule has 0 saturated carbocycles. The van der Waals surface area contributed by atoms with Crippen LogP contribution in [0.2, 0.25) is 0 Å². The Balaban J connectivity index is 0.00000408. The van der Waals surface area contributed by atoms with Gasteiger partial charge in [0.25, 0.3) is 0 Å². The summed E-state index contributed by atoms with van der Waals surface area (Å²) >= 11 is 0. The third-order valence-electron chi connectivity index (χ3n) is 6.15. The maximum Gasteiger partial charge on any atom is 0.416 e. The SMILES string of the molecule is C.CC(C)([C@H]1CCN(c2ccc(S(C)(=O)=O)cc2)C(=O)C1)S(=O)(=O)c1cccc(C(F)(F)F)c1. The van der Waals surface area contributed by atoms with Crippen LogP contribution in [0.15, 0.2) is 58.3 Å². The van der Waals surface area contributed by atoms with Crippen LogP contribution in [0.25, 0.3) is 0 Å². The molecule has 3 rings (SSSR count). The number of carbonyl (C=O) groups excluding carboxylic acids is 1. The van der Waals surface area contributed by atoms with E-state index in [-0.39, 0.29) is 31.2 Å². The zero-order valence-electron chi connectivity index (χ0n) is 18.3. The Bertz CT molecular complexity index is 1270. The van der Waals surface area contributed by atoms with Crippen molar-refractivity contribution in [2.24, 2.45) is 5.92 Å². The molecule has 2 aromatic carbocycles. The van der Waals surface area contributed by atoms with Crippen LogP contribution in [-0.2, 0) is 30.6 Å². The molecule has 34 heavy (non-hydrogen) atoms. The minimum absolute atomic E-state index is 0. The molecule has 0 bridgehead atoms. The molecule has 0 radical (unpaired) electrons. The number of halogens is 3. The molecule has 1 aliphatic rings. The lowest BCUT2D eigenvalue weighted by molar-refractivity contribution is -0.137. The van der Waals surface area contributed by atoms with Crippen LogP contribution < -0.4 is 4.90 Å². The van der Waals surface area contributed by atoms with Crippen molar-refractivity contribution < 1.29 is 34.8 Å². The van der Waals surface area contributed by atoms with Gasteiger partial charge >= 0.3 is 6.18 Å². The summed E-state index contributed by atoms with van der Waals surface area (Å²) in [6.07, 6.45) is -3.40. The van der Waals surface area contributed by atoms with Crippen molar-refractivity contribution in [2.75, 3.05) is 17.7 Å². The predicted molar refractivity (Wildman–Crippen MR) is 124 cm³/mol. The van der Waals surface area contributed by atoms with Crippen molar-refractivity contribution in [1.82, 2.24) is 0 Å². The molecular weight excluding hydrogens is 491 g/mol. The number of rotatable bonds is 5. The zero-order chi connectivity index (χ0) is 24.8. The predicted octanol–water partition coefficient (Wildman–Crippen LogP) is 4.74. The van der Waals surface area contributed by atoms with Gasteiger partial charge in [0.05, 0.1) is 20.1 Å². The van der Waals surface area contributed by atoms with Gasteiger partial charge in [-0.3, -0.25) is 4.79 Å². The molecule has 0 aliphatic carbocycles. The Kier molecular flexibility index (Phi) is 7.64. The lowest BCUT2D eigenvalue weighted by Gasteiger charge is -2.39. The summed E-state index contributed by atoms with van der Waals surface area (Å²) in [5.74, 6) is -0.957. The Morgan fingerprint density at radius 2 is 1.53 bits per heavy atom. The molecule has 2 aromatic rings. The number of hydrogen-bond acceptors (Lipinski definition) is 5. The van der Waals surface area contributed by atoms with Gasteiger partial charge < -0.3 is 4.90 Å². The first-order chi connectivity index (χ1) is 15.0. The number of amides is 1. The van der Waals surface area contributed by atoms with Gasteiger partial charge in [0.2, 0.25) is 5.91 Å². The molecule has 0 N–H and O–H groups in total. The van der Waals surface area contributed by atoms with Gasteiger partial charge in [0, 0.05) is 24.9 Å². The smallest absolute Gasteiger partial charge is 0.312 e. The maximum absolute atomic E-state index is 13.3. The van der Waals surface area contributed by atoms with Crippen LogP contribution >= 0.6 is 0 Å². The van der Waals surface area contributed by atoms with E-state index in [1.165, 1.54) is 43.0 Å². The largest absolute Gasteiger partial charge is 0.416 e. The maximum atomic E-state index is 13.3. The van der Waals surface area contributed by atoms with Gasteiger partial charge in [0.1, 0.15) is 0 Å². The molecule has 11 heteroatoms. The third kappa shape index (κ3) is 5.30. The Morgan fingerprint density at radius 1 is 0.941 bits per heavy atom. The molecule has 1 fully saturated rings. The lowest BCUT2D eigenvalue weighted by Crippen LogP contribution is -2.48. The number of benzene rings is 2. The quantitative estimate of drug-likeness (QED) is 0.569. The molecule has 0 spiro atoms. The molecule has 1 heterocycles. The summed E-state index contributed by atoms with van der Waals surface area (Å²) in [6, 6.07) is 9.43. The number of anilines is 1. The topological polar surface area (TPSA) is 88.6 Å². The van der Waals surface area contributed by atoms with E-state index in [2.05, 4.69) is 0 Å². The molecule has 0 unspecified atom stereocenters. The van der Waals surface area contributed by atoms with Gasteiger partial charge in [-0.2, -0.15) is 13.2 Å². The van der Waals surface area contributed by atoms with E-state index in [1.54, 1.807) is 0 Å². The van der Waals surface area contributed by atoms with E-state index >= 15 is 0 Å². The van der Waals surface area contributed by atoms with Crippen molar-refractivity contribution in [3.05, 3.63) is 54.1 Å². The summed E-state index contributed by atoms with van der Waals surface area (Å²) in [4.78, 5) is 14.0. The molecule has 0 aromatic heterocycles. The van der Waals surface area contributed by atoms with E-state index in [4.69, 9.17) is 0 Å². The van der Waals surface area contributed by atoms with E-state index in [9.17, 15) is 34.8 Å². The van der Waals surface area contributed by atoms with Crippen molar-refractivity contribution in [1.29, 1.82) is 0 Å². The van der Waals surface area contributed by atoms with E-state index in [0.717, 1.165) is 24.5 Å². The minimum atomic E-state index is -4.68. The highest BCUT2D eigenvalue weighted by Gasteiger charge is 2.46. The fourth-order valence-corrected chi connectivity index (χ4v) is 6.35. The van der Waals surface area contributed by atoms with E-state index in [1.807, 2.05) is 0 Å². The van der Waals surface area contributed by atoms with Crippen LogP contribution in [0.1, 0.15) is 39.7 Å². The van der Waals surface area contributed by atoms with E-state index in [0.29, 0.717) is 18.2 Å². The van der Waals surface area contributed by atoms with Crippen molar-refractivity contribution in [3.8, 4) is 0 Å². The highest BCUT2D eigenvalue weighted by atomic mass is 32.2. The summed E-state index contributed by atoms with van der Waals surface area (Å²) in [7, 11) is -7.57. The molecule has 1 atom stereocenters. The molecular formula is C23H28F3NO5S2. The van der Waals surface area contributed by atoms with Crippen molar-refractivity contribution in [3.63, 3.8) is 0 Å². The molecule has 1 amide bonds. The Morgan fingerprint density at radius 3 is 2.03 bits per heavy atom. The monoisotopic (exact) mass is 519 g/mol. The minimum Gasteiger partial charge on any atom is -0.312 e. The Labute approximate surface area is 198 Å². The Hall–Kier alpha value is -2.40. The average Bonchev–Trinajstić information content (AvgIpc) is 2.72. The number of nitrogens with zero attached hydrogens (tertiary/aromatic N) is 1. The third-order valence-corrected chi connectivity index (χ3v) is 9.87. The first-order valence-corrected chi connectivity index (χ1v) is 13.4. The van der Waals surface area contributed by atoms with Gasteiger partial charge in [-0.25, -0.2) is 16.8 Å². The van der Waals surface area contributed by atoms with Crippen molar-refractivity contribution in [2.45, 2.75) is 54.8 Å². The zero-order valence-corrected chi connectivity index (χ0v) is 19.9. The number of hydrogen-bond donors (Lipinski definition) is 0. The standard InChI is InChI=1S/C22H24F3NO5S2.CH4/c1-21(2,33(30,31)19-6-4-5-16(13-19)22(23,24)25)15-11-12-26(20(27)14-15)17-7-9-18(10-8-17)32(3,28)29;/h4-10,13,15H,11-12,14H2,1-3H3;1H4/t15-;/m0./s1. The van der Waals surface area contributed by atoms with Crippen LogP contribution in [0, 0.1) is 5.92 Å². The number of alkyl halides is 3. The fraction of sp³-hybridized carbons (Fsp3) is 0.435. The normalized spacial score (nSPS) is 17.9. The fourth-order valence-electron chi connectivity index (χ4n) is 3.94. The van der Waals surface area contributed by atoms with Gasteiger partial charge in [0.15, 0.2) is 19.7 Å². The van der Waals surface area contributed by atoms with Gasteiger partial charge in [-0.1, -0.05) is 13.5 Å². The highest BCUT2D eigenvalue weighted by molar-refractivity contribution is 7.92. The second-order valence-corrected chi connectivity index (χ2v) is 13.2. The summed E-state index contributed by atoms with van der Waals surface area (Å²) in [5, 5.41) is 0. The second kappa shape index (κ2) is 9.33.